The van der Waals surface area contributed by atoms with Crippen LogP contribution in [0.2, 0.25) is 0 Å². The van der Waals surface area contributed by atoms with Crippen molar-refractivity contribution >= 4 is 11.6 Å². The summed E-state index contributed by atoms with van der Waals surface area (Å²) in [5.41, 5.74) is -0.651. The van der Waals surface area contributed by atoms with Crippen molar-refractivity contribution in [2.24, 2.45) is 52.3 Å². The Bertz CT molecular complexity index is 729. The third-order valence-corrected chi connectivity index (χ3v) is 11.4. The zero-order valence-electron chi connectivity index (χ0n) is 18.9. The summed E-state index contributed by atoms with van der Waals surface area (Å²) >= 11 is 0. The van der Waals surface area contributed by atoms with Crippen molar-refractivity contribution in [1.29, 1.82) is 0 Å². The molecule has 10 atom stereocenters. The molecule has 5 aliphatic carbocycles. The summed E-state index contributed by atoms with van der Waals surface area (Å²) in [6.07, 6.45) is 10.2. The van der Waals surface area contributed by atoms with Gasteiger partial charge in [-0.3, -0.25) is 9.59 Å². The highest BCUT2D eigenvalue weighted by Gasteiger charge is 2.68. The van der Waals surface area contributed by atoms with Gasteiger partial charge in [-0.15, -0.1) is 0 Å². The monoisotopic (exact) mass is 400 g/mol. The first kappa shape index (κ1) is 20.2. The second-order valence-electron chi connectivity index (χ2n) is 12.3. The Morgan fingerprint density at radius 1 is 1.07 bits per heavy atom. The second-order valence-corrected chi connectivity index (χ2v) is 12.3. The summed E-state index contributed by atoms with van der Waals surface area (Å²) in [5, 5.41) is 11.8. The van der Waals surface area contributed by atoms with Gasteiger partial charge in [0.2, 0.25) is 0 Å². The summed E-state index contributed by atoms with van der Waals surface area (Å²) in [7, 11) is 0. The van der Waals surface area contributed by atoms with E-state index in [4.69, 9.17) is 0 Å². The number of carbonyl (C=O) groups is 2. The largest absolute Gasteiger partial charge is 0.389 e. The van der Waals surface area contributed by atoms with Crippen LogP contribution in [0.25, 0.3) is 0 Å². The fourth-order valence-corrected chi connectivity index (χ4v) is 10.00. The van der Waals surface area contributed by atoms with Crippen LogP contribution in [-0.2, 0) is 9.59 Å². The van der Waals surface area contributed by atoms with Crippen molar-refractivity contribution in [2.75, 3.05) is 0 Å². The van der Waals surface area contributed by atoms with Crippen molar-refractivity contribution in [3.8, 4) is 0 Å². The van der Waals surface area contributed by atoms with Crippen molar-refractivity contribution in [2.45, 2.75) is 97.5 Å². The van der Waals surface area contributed by atoms with E-state index in [0.717, 1.165) is 25.2 Å². The van der Waals surface area contributed by atoms with Crippen LogP contribution in [0.1, 0.15) is 91.9 Å². The quantitative estimate of drug-likeness (QED) is 0.659. The molecule has 0 heterocycles. The molecule has 0 spiro atoms. The SMILES string of the molecule is CC(=O)C1CCCC2CC3C4CC(C)C5(O)CC(=O)CCC5(C)C4CCC3(C)C21. The molecule has 29 heavy (non-hydrogen) atoms. The first-order valence-electron chi connectivity index (χ1n) is 12.4. The maximum atomic E-state index is 12.5. The van der Waals surface area contributed by atoms with Crippen LogP contribution in [-0.4, -0.2) is 22.3 Å². The summed E-state index contributed by atoms with van der Waals surface area (Å²) in [4.78, 5) is 24.8. The molecule has 0 bridgehead atoms. The van der Waals surface area contributed by atoms with E-state index in [9.17, 15) is 14.7 Å². The summed E-state index contributed by atoms with van der Waals surface area (Å²) in [5.74, 6) is 4.33. The number of hydrogen-bond donors (Lipinski definition) is 1. The summed E-state index contributed by atoms with van der Waals surface area (Å²) in [6.45, 7) is 8.88. The van der Waals surface area contributed by atoms with Crippen LogP contribution in [0.5, 0.6) is 0 Å². The summed E-state index contributed by atoms with van der Waals surface area (Å²) in [6, 6.07) is 0. The molecule has 3 nitrogen and oxygen atoms in total. The van der Waals surface area contributed by atoms with Gasteiger partial charge in [-0.05, 0) is 86.4 Å². The van der Waals surface area contributed by atoms with Gasteiger partial charge >= 0.3 is 0 Å². The lowest BCUT2D eigenvalue weighted by Crippen LogP contribution is -2.65. The van der Waals surface area contributed by atoms with E-state index in [1.165, 1.54) is 32.1 Å². The average molecular weight is 401 g/mol. The van der Waals surface area contributed by atoms with Gasteiger partial charge in [-0.2, -0.15) is 0 Å². The molecule has 162 valence electrons. The third-order valence-electron chi connectivity index (χ3n) is 11.4. The van der Waals surface area contributed by atoms with Crippen LogP contribution < -0.4 is 0 Å². The maximum absolute atomic E-state index is 12.5. The van der Waals surface area contributed by atoms with E-state index in [-0.39, 0.29) is 23.0 Å². The molecular formula is C26H40O3. The number of fused-ring (bicyclic) bond motifs is 7. The predicted molar refractivity (Wildman–Crippen MR) is 113 cm³/mol. The number of aliphatic hydroxyl groups is 1. The molecule has 0 aliphatic heterocycles. The molecule has 1 N–H and O–H groups in total. The zero-order valence-corrected chi connectivity index (χ0v) is 18.9. The van der Waals surface area contributed by atoms with Crippen molar-refractivity contribution in [3.63, 3.8) is 0 Å². The van der Waals surface area contributed by atoms with Crippen molar-refractivity contribution < 1.29 is 14.7 Å². The van der Waals surface area contributed by atoms with E-state index < -0.39 is 5.60 Å². The van der Waals surface area contributed by atoms with Crippen LogP contribution in [0.3, 0.4) is 0 Å². The van der Waals surface area contributed by atoms with Gasteiger partial charge < -0.3 is 5.11 Å². The van der Waals surface area contributed by atoms with Crippen LogP contribution >= 0.6 is 0 Å². The van der Waals surface area contributed by atoms with Gasteiger partial charge in [0, 0.05) is 24.2 Å². The van der Waals surface area contributed by atoms with Crippen LogP contribution in [0.4, 0.5) is 0 Å². The Labute approximate surface area is 176 Å². The Balaban J connectivity index is 1.51. The Kier molecular flexibility index (Phi) is 4.46. The van der Waals surface area contributed by atoms with Crippen LogP contribution in [0, 0.1) is 52.3 Å². The fourth-order valence-electron chi connectivity index (χ4n) is 10.00. The Hall–Kier alpha value is -0.700. The highest BCUT2D eigenvalue weighted by Crippen LogP contribution is 2.71. The minimum atomic E-state index is -0.815. The molecule has 0 saturated heterocycles. The molecule has 5 rings (SSSR count). The molecule has 5 aliphatic rings. The van der Waals surface area contributed by atoms with Crippen molar-refractivity contribution in [1.82, 2.24) is 0 Å². The van der Waals surface area contributed by atoms with Gasteiger partial charge in [0.25, 0.3) is 0 Å². The molecule has 3 heteroatoms. The molecule has 5 saturated carbocycles. The van der Waals surface area contributed by atoms with E-state index in [0.29, 0.717) is 47.7 Å². The van der Waals surface area contributed by atoms with Gasteiger partial charge in [0.1, 0.15) is 11.6 Å². The molecule has 0 radical (unpaired) electrons. The first-order valence-corrected chi connectivity index (χ1v) is 12.4. The smallest absolute Gasteiger partial charge is 0.135 e. The normalized spacial score (nSPS) is 56.7. The lowest BCUT2D eigenvalue weighted by atomic mass is 9.41. The van der Waals surface area contributed by atoms with Crippen molar-refractivity contribution in [3.05, 3.63) is 0 Å². The molecule has 0 aromatic carbocycles. The zero-order chi connectivity index (χ0) is 20.8. The minimum Gasteiger partial charge on any atom is -0.389 e. The average Bonchev–Trinajstić information content (AvgIpc) is 2.97. The van der Waals surface area contributed by atoms with E-state index in [1.54, 1.807) is 0 Å². The van der Waals surface area contributed by atoms with Gasteiger partial charge in [-0.25, -0.2) is 0 Å². The molecular weight excluding hydrogens is 360 g/mol. The molecule has 0 amide bonds. The lowest BCUT2D eigenvalue weighted by Gasteiger charge is -2.65. The van der Waals surface area contributed by atoms with Gasteiger partial charge in [0.05, 0.1) is 5.60 Å². The number of carbonyl (C=O) groups excluding carboxylic acids is 2. The number of rotatable bonds is 1. The molecule has 10 unspecified atom stereocenters. The highest BCUT2D eigenvalue weighted by atomic mass is 16.3. The topological polar surface area (TPSA) is 54.4 Å². The predicted octanol–water partition coefficient (Wildman–Crippen LogP) is 5.19. The number of ketones is 2. The van der Waals surface area contributed by atoms with Gasteiger partial charge in [0.15, 0.2) is 0 Å². The molecule has 0 aromatic heterocycles. The van der Waals surface area contributed by atoms with Gasteiger partial charge in [-0.1, -0.05) is 33.6 Å². The Morgan fingerprint density at radius 3 is 2.55 bits per heavy atom. The first-order chi connectivity index (χ1) is 13.6. The minimum absolute atomic E-state index is 0.127. The fraction of sp³-hybridized carbons (Fsp3) is 0.923. The molecule has 0 aromatic rings. The second kappa shape index (κ2) is 6.40. The number of Topliss-reactive ketones (excluding diaryl/α,β-unsaturated/α-hetero) is 2. The highest BCUT2D eigenvalue weighted by molar-refractivity contribution is 5.81. The maximum Gasteiger partial charge on any atom is 0.135 e. The van der Waals surface area contributed by atoms with E-state index in [2.05, 4.69) is 20.8 Å². The van der Waals surface area contributed by atoms with E-state index >= 15 is 0 Å². The lowest BCUT2D eigenvalue weighted by molar-refractivity contribution is -0.227. The number of hydrogen-bond acceptors (Lipinski definition) is 3. The molecule has 5 fully saturated rings. The van der Waals surface area contributed by atoms with E-state index in [1.807, 2.05) is 6.92 Å². The standard InChI is InChI=1S/C26H40O3/c1-15-12-20-21(25(4)11-8-18(28)14-26(15,25)29)9-10-24(3)22(20)13-17-6-5-7-19(16(2)27)23(17)24/h15,17,19-23,29H,5-14H2,1-4H3. The third kappa shape index (κ3) is 2.52. The summed E-state index contributed by atoms with van der Waals surface area (Å²) < 4.78 is 0. The Morgan fingerprint density at radius 2 is 1.83 bits per heavy atom. The van der Waals surface area contributed by atoms with Crippen LogP contribution in [0.15, 0.2) is 0 Å².